The second kappa shape index (κ2) is 12.5. The van der Waals surface area contributed by atoms with E-state index in [9.17, 15) is 9.59 Å². The monoisotopic (exact) mass is 480 g/mol. The van der Waals surface area contributed by atoms with E-state index in [0.717, 1.165) is 23.4 Å². The van der Waals surface area contributed by atoms with Gasteiger partial charge < -0.3 is 24.7 Å². The fourth-order valence-electron chi connectivity index (χ4n) is 3.17. The van der Waals surface area contributed by atoms with E-state index in [0.29, 0.717) is 23.6 Å². The van der Waals surface area contributed by atoms with Gasteiger partial charge in [-0.2, -0.15) is 0 Å². The summed E-state index contributed by atoms with van der Waals surface area (Å²) in [5.41, 5.74) is 1.29. The number of hydrogen-bond donors (Lipinski definition) is 2. The van der Waals surface area contributed by atoms with Crippen molar-refractivity contribution in [1.82, 2.24) is 20.2 Å². The number of thioether (sulfide) groups is 1. The lowest BCUT2D eigenvalue weighted by atomic mass is 10.1. The lowest BCUT2D eigenvalue weighted by Crippen LogP contribution is -2.35. The summed E-state index contributed by atoms with van der Waals surface area (Å²) < 4.78 is 12.5. The van der Waals surface area contributed by atoms with E-state index in [4.69, 9.17) is 9.47 Å². The van der Waals surface area contributed by atoms with Gasteiger partial charge in [0.1, 0.15) is 5.70 Å². The Morgan fingerprint density at radius 3 is 2.50 bits per heavy atom. The molecule has 1 aromatic heterocycles. The number of methoxy groups -OCH3 is 2. The number of aryl methyl sites for hydroxylation is 1. The predicted molar refractivity (Wildman–Crippen MR) is 133 cm³/mol. The molecule has 0 atom stereocenters. The summed E-state index contributed by atoms with van der Waals surface area (Å²) in [5.74, 6) is 0.145. The minimum Gasteiger partial charge on any atom is -0.493 e. The molecule has 34 heavy (non-hydrogen) atoms. The van der Waals surface area contributed by atoms with Crippen molar-refractivity contribution >= 4 is 29.7 Å². The summed E-state index contributed by atoms with van der Waals surface area (Å²) in [5, 5.41) is 5.63. The van der Waals surface area contributed by atoms with Gasteiger partial charge in [-0.1, -0.05) is 12.1 Å². The fourth-order valence-corrected chi connectivity index (χ4v) is 3.58. The Hall–Kier alpha value is -3.72. The van der Waals surface area contributed by atoms with E-state index in [1.807, 2.05) is 41.3 Å². The van der Waals surface area contributed by atoms with Crippen LogP contribution in [0.4, 0.5) is 0 Å². The van der Waals surface area contributed by atoms with Crippen molar-refractivity contribution in [1.29, 1.82) is 0 Å². The highest BCUT2D eigenvalue weighted by Gasteiger charge is 2.16. The Morgan fingerprint density at radius 2 is 1.85 bits per heavy atom. The summed E-state index contributed by atoms with van der Waals surface area (Å²) in [4.78, 5) is 31.0. The van der Waals surface area contributed by atoms with Gasteiger partial charge in [-0.05, 0) is 54.6 Å². The zero-order chi connectivity index (χ0) is 24.3. The van der Waals surface area contributed by atoms with Gasteiger partial charge in [-0.25, -0.2) is 4.98 Å². The van der Waals surface area contributed by atoms with Crippen molar-refractivity contribution in [2.45, 2.75) is 17.9 Å². The molecule has 0 aliphatic rings. The molecule has 0 saturated heterocycles. The molecular formula is C25H28N4O4S. The van der Waals surface area contributed by atoms with Crippen molar-refractivity contribution < 1.29 is 19.1 Å². The summed E-state index contributed by atoms with van der Waals surface area (Å²) in [6.45, 7) is 1.18. The van der Waals surface area contributed by atoms with Gasteiger partial charge in [0.25, 0.3) is 11.8 Å². The lowest BCUT2D eigenvalue weighted by molar-refractivity contribution is -0.117. The molecule has 9 heteroatoms. The summed E-state index contributed by atoms with van der Waals surface area (Å²) in [6, 6.07) is 12.6. The van der Waals surface area contributed by atoms with E-state index in [-0.39, 0.29) is 11.6 Å². The maximum atomic E-state index is 13.0. The van der Waals surface area contributed by atoms with Crippen LogP contribution in [-0.2, 0) is 11.3 Å². The Labute approximate surface area is 203 Å². The summed E-state index contributed by atoms with van der Waals surface area (Å²) >= 11 is 1.63. The number of nitrogens with one attached hydrogen (secondary N) is 2. The fraction of sp³-hybridized carbons (Fsp3) is 0.240. The average molecular weight is 481 g/mol. The molecular weight excluding hydrogens is 452 g/mol. The van der Waals surface area contributed by atoms with Crippen LogP contribution in [0.1, 0.15) is 22.3 Å². The van der Waals surface area contributed by atoms with E-state index in [1.54, 1.807) is 48.6 Å². The van der Waals surface area contributed by atoms with Crippen LogP contribution in [0.2, 0.25) is 0 Å². The van der Waals surface area contributed by atoms with Gasteiger partial charge in [0.05, 0.1) is 20.5 Å². The lowest BCUT2D eigenvalue weighted by Gasteiger charge is -2.13. The van der Waals surface area contributed by atoms with Crippen LogP contribution in [0.25, 0.3) is 6.08 Å². The first-order chi connectivity index (χ1) is 16.5. The Morgan fingerprint density at radius 1 is 1.09 bits per heavy atom. The molecule has 0 bridgehead atoms. The van der Waals surface area contributed by atoms with Gasteiger partial charge >= 0.3 is 0 Å². The van der Waals surface area contributed by atoms with Crippen molar-refractivity contribution in [3.63, 3.8) is 0 Å². The van der Waals surface area contributed by atoms with Crippen molar-refractivity contribution in [3.05, 3.63) is 78.0 Å². The predicted octanol–water partition coefficient (Wildman–Crippen LogP) is 3.60. The van der Waals surface area contributed by atoms with Crippen molar-refractivity contribution in [2.24, 2.45) is 0 Å². The van der Waals surface area contributed by atoms with Crippen LogP contribution in [0.5, 0.6) is 11.5 Å². The summed E-state index contributed by atoms with van der Waals surface area (Å²) in [7, 11) is 3.03. The Bertz CT molecular complexity index is 1130. The third kappa shape index (κ3) is 6.89. The van der Waals surface area contributed by atoms with E-state index < -0.39 is 5.91 Å². The zero-order valence-electron chi connectivity index (χ0n) is 19.4. The first-order valence-electron chi connectivity index (χ1n) is 10.7. The molecule has 0 spiro atoms. The smallest absolute Gasteiger partial charge is 0.267 e. The zero-order valence-corrected chi connectivity index (χ0v) is 20.2. The van der Waals surface area contributed by atoms with Crippen LogP contribution in [0.3, 0.4) is 0 Å². The molecule has 0 saturated carbocycles. The number of imidazole rings is 1. The molecule has 3 aromatic rings. The first kappa shape index (κ1) is 24.9. The number of aromatic nitrogens is 2. The highest BCUT2D eigenvalue weighted by atomic mass is 32.2. The second-order valence-electron chi connectivity index (χ2n) is 7.27. The van der Waals surface area contributed by atoms with E-state index in [2.05, 4.69) is 15.6 Å². The Balaban J connectivity index is 1.75. The molecule has 2 N–H and O–H groups in total. The molecule has 8 nitrogen and oxygen atoms in total. The number of carbonyl (C=O) groups is 2. The molecule has 0 aliphatic heterocycles. The quantitative estimate of drug-likeness (QED) is 0.247. The normalized spacial score (nSPS) is 11.1. The molecule has 1 heterocycles. The second-order valence-corrected chi connectivity index (χ2v) is 8.14. The molecule has 0 unspecified atom stereocenters. The number of benzene rings is 2. The molecule has 0 aliphatic carbocycles. The molecule has 0 fully saturated rings. The van der Waals surface area contributed by atoms with Crippen LogP contribution >= 0.6 is 11.8 Å². The van der Waals surface area contributed by atoms with Crippen LogP contribution in [-0.4, -0.2) is 48.4 Å². The molecule has 0 radical (unpaired) electrons. The molecule has 2 amide bonds. The largest absolute Gasteiger partial charge is 0.493 e. The minimum absolute atomic E-state index is 0.152. The van der Waals surface area contributed by atoms with Gasteiger partial charge in [0, 0.05) is 35.9 Å². The minimum atomic E-state index is -0.429. The van der Waals surface area contributed by atoms with Crippen molar-refractivity contribution in [2.75, 3.05) is 27.0 Å². The van der Waals surface area contributed by atoms with Gasteiger partial charge in [0.2, 0.25) is 0 Å². The van der Waals surface area contributed by atoms with Gasteiger partial charge in [-0.3, -0.25) is 9.59 Å². The maximum Gasteiger partial charge on any atom is 0.267 e. The van der Waals surface area contributed by atoms with Gasteiger partial charge in [0.15, 0.2) is 11.5 Å². The van der Waals surface area contributed by atoms with E-state index >= 15 is 0 Å². The number of rotatable bonds is 11. The van der Waals surface area contributed by atoms with Crippen LogP contribution < -0.4 is 20.1 Å². The highest BCUT2D eigenvalue weighted by molar-refractivity contribution is 7.98. The number of amides is 2. The number of hydrogen-bond acceptors (Lipinski definition) is 6. The van der Waals surface area contributed by atoms with Crippen molar-refractivity contribution in [3.8, 4) is 11.5 Å². The molecule has 3 rings (SSSR count). The van der Waals surface area contributed by atoms with E-state index in [1.165, 1.54) is 14.2 Å². The average Bonchev–Trinajstić information content (AvgIpc) is 3.39. The van der Waals surface area contributed by atoms with Crippen LogP contribution in [0, 0.1) is 0 Å². The number of carbonyl (C=O) groups excluding carboxylic acids is 2. The SMILES string of the molecule is COc1ccc(C(=O)NC(=Cc2ccc(SC)cc2)C(=O)NCCCn2ccnc2)cc1OC. The molecule has 2 aromatic carbocycles. The summed E-state index contributed by atoms with van der Waals surface area (Å²) in [6.07, 6.45) is 9.70. The first-order valence-corrected chi connectivity index (χ1v) is 11.9. The number of ether oxygens (including phenoxy) is 2. The highest BCUT2D eigenvalue weighted by Crippen LogP contribution is 2.27. The third-order valence-corrected chi connectivity index (χ3v) is 5.75. The standard InChI is InChI=1S/C25H28N4O4S/c1-32-22-10-7-19(16-23(22)33-2)24(30)28-21(15-18-5-8-20(34-3)9-6-18)25(31)27-11-4-13-29-14-12-26-17-29/h5-10,12,14-17H,4,11,13H2,1-3H3,(H,27,31)(H,28,30). The Kier molecular flexibility index (Phi) is 9.16. The third-order valence-electron chi connectivity index (χ3n) is 5.00. The topological polar surface area (TPSA) is 94.5 Å². The maximum absolute atomic E-state index is 13.0. The molecule has 178 valence electrons. The van der Waals surface area contributed by atoms with Gasteiger partial charge in [-0.15, -0.1) is 11.8 Å². The number of nitrogens with zero attached hydrogens (tertiary/aromatic N) is 2. The van der Waals surface area contributed by atoms with Crippen LogP contribution in [0.15, 0.2) is 71.8 Å².